The van der Waals surface area contributed by atoms with Gasteiger partial charge in [0.25, 0.3) is 0 Å². The Morgan fingerprint density at radius 2 is 1.92 bits per heavy atom. The number of carbonyl (C=O) groups excluding carboxylic acids is 1. The molecular formula is C28H34N2O6. The van der Waals surface area contributed by atoms with Gasteiger partial charge in [0.15, 0.2) is 0 Å². The van der Waals surface area contributed by atoms with Crippen LogP contribution in [-0.2, 0) is 22.4 Å². The van der Waals surface area contributed by atoms with E-state index in [-0.39, 0.29) is 6.42 Å². The minimum atomic E-state index is -0.539. The highest BCUT2D eigenvalue weighted by atomic mass is 16.5. The number of hydroxylamine groups is 1. The molecule has 192 valence electrons. The Hall–Kier alpha value is -3.20. The molecule has 2 N–H and O–H groups in total. The highest BCUT2D eigenvalue weighted by molar-refractivity contribution is 5.79. The number of morpholine rings is 1. The molecule has 0 radical (unpaired) electrons. The summed E-state index contributed by atoms with van der Waals surface area (Å²) in [5.74, 6) is -0.200. The topological polar surface area (TPSA) is 101 Å². The molecule has 1 unspecified atom stereocenters. The van der Waals surface area contributed by atoms with Crippen LogP contribution in [0.4, 0.5) is 0 Å². The van der Waals surface area contributed by atoms with Gasteiger partial charge in [0.1, 0.15) is 17.9 Å². The van der Waals surface area contributed by atoms with Crippen LogP contribution in [-0.4, -0.2) is 55.5 Å². The lowest BCUT2D eigenvalue weighted by atomic mass is 9.92. The Labute approximate surface area is 210 Å². The predicted octanol–water partition coefficient (Wildman–Crippen LogP) is 3.50. The molecule has 1 saturated heterocycles. The van der Waals surface area contributed by atoms with E-state index in [1.807, 2.05) is 43.3 Å². The van der Waals surface area contributed by atoms with Crippen molar-refractivity contribution in [3.05, 3.63) is 75.6 Å². The minimum absolute atomic E-state index is 0.203. The van der Waals surface area contributed by atoms with Crippen LogP contribution in [0.2, 0.25) is 0 Å². The van der Waals surface area contributed by atoms with Gasteiger partial charge in [-0.15, -0.1) is 0 Å². The third-order valence-electron chi connectivity index (χ3n) is 6.63. The molecule has 1 aromatic heterocycles. The van der Waals surface area contributed by atoms with E-state index in [0.29, 0.717) is 24.2 Å². The number of hydrogen-bond acceptors (Lipinski definition) is 7. The van der Waals surface area contributed by atoms with Crippen molar-refractivity contribution in [1.82, 2.24) is 10.4 Å². The van der Waals surface area contributed by atoms with Gasteiger partial charge < -0.3 is 13.9 Å². The molecule has 8 heteroatoms. The number of rotatable bonds is 11. The average Bonchev–Trinajstić information content (AvgIpc) is 2.89. The fraction of sp³-hybridized carbons (Fsp3) is 0.429. The lowest BCUT2D eigenvalue weighted by Crippen LogP contribution is -2.38. The number of ether oxygens (including phenoxy) is 2. The van der Waals surface area contributed by atoms with E-state index < -0.39 is 17.5 Å². The van der Waals surface area contributed by atoms with Gasteiger partial charge in [-0.05, 0) is 68.5 Å². The largest absolute Gasteiger partial charge is 0.492 e. The molecule has 1 aliphatic rings. The van der Waals surface area contributed by atoms with Crippen molar-refractivity contribution in [2.24, 2.45) is 5.92 Å². The van der Waals surface area contributed by atoms with Crippen LogP contribution in [0, 0.1) is 12.8 Å². The van der Waals surface area contributed by atoms with Crippen LogP contribution in [0.1, 0.15) is 29.5 Å². The summed E-state index contributed by atoms with van der Waals surface area (Å²) in [5.41, 5.74) is 4.44. The first kappa shape index (κ1) is 25.9. The van der Waals surface area contributed by atoms with Crippen LogP contribution >= 0.6 is 0 Å². The fourth-order valence-corrected chi connectivity index (χ4v) is 4.53. The molecule has 36 heavy (non-hydrogen) atoms. The van der Waals surface area contributed by atoms with Crippen LogP contribution < -0.4 is 15.8 Å². The van der Waals surface area contributed by atoms with Gasteiger partial charge in [-0.1, -0.05) is 23.8 Å². The number of fused-ring (bicyclic) bond motifs is 1. The molecule has 8 nitrogen and oxygen atoms in total. The first-order valence-corrected chi connectivity index (χ1v) is 12.5. The van der Waals surface area contributed by atoms with E-state index in [4.69, 9.17) is 13.9 Å². The quantitative estimate of drug-likeness (QED) is 0.239. The Balaban J connectivity index is 1.29. The number of amides is 1. The van der Waals surface area contributed by atoms with Crippen molar-refractivity contribution in [3.63, 3.8) is 0 Å². The molecule has 1 atom stereocenters. The van der Waals surface area contributed by atoms with Gasteiger partial charge in [-0.25, -0.2) is 10.3 Å². The number of benzene rings is 2. The summed E-state index contributed by atoms with van der Waals surface area (Å²) in [7, 11) is 0. The molecule has 0 spiro atoms. The van der Waals surface area contributed by atoms with E-state index in [0.717, 1.165) is 68.0 Å². The number of hydrogen-bond donors (Lipinski definition) is 2. The number of nitrogens with one attached hydrogen (secondary N) is 1. The van der Waals surface area contributed by atoms with Gasteiger partial charge in [0.05, 0.1) is 13.2 Å². The first-order valence-electron chi connectivity index (χ1n) is 12.5. The zero-order valence-corrected chi connectivity index (χ0v) is 20.7. The van der Waals surface area contributed by atoms with Gasteiger partial charge in [-0.2, -0.15) is 0 Å². The second-order valence-corrected chi connectivity index (χ2v) is 9.32. The van der Waals surface area contributed by atoms with Crippen LogP contribution in [0.15, 0.2) is 57.7 Å². The van der Waals surface area contributed by atoms with Crippen LogP contribution in [0.5, 0.6) is 5.75 Å². The molecule has 4 rings (SSSR count). The lowest BCUT2D eigenvalue weighted by molar-refractivity contribution is -0.133. The summed E-state index contributed by atoms with van der Waals surface area (Å²) in [4.78, 5) is 27.1. The van der Waals surface area contributed by atoms with Gasteiger partial charge >= 0.3 is 5.63 Å². The van der Waals surface area contributed by atoms with Gasteiger partial charge in [-0.3, -0.25) is 14.9 Å². The van der Waals surface area contributed by atoms with Crippen molar-refractivity contribution in [3.8, 4) is 5.75 Å². The number of nitrogens with zero attached hydrogens (tertiary/aromatic N) is 1. The molecule has 1 fully saturated rings. The Kier molecular flexibility index (Phi) is 9.11. The monoisotopic (exact) mass is 494 g/mol. The van der Waals surface area contributed by atoms with Crippen molar-refractivity contribution in [2.45, 2.75) is 32.6 Å². The van der Waals surface area contributed by atoms with Crippen LogP contribution in [0.3, 0.4) is 0 Å². The Morgan fingerprint density at radius 1 is 1.14 bits per heavy atom. The fourth-order valence-electron chi connectivity index (χ4n) is 4.53. The summed E-state index contributed by atoms with van der Waals surface area (Å²) in [6.07, 6.45) is 2.23. The summed E-state index contributed by atoms with van der Waals surface area (Å²) in [6.45, 7) is 6.95. The summed E-state index contributed by atoms with van der Waals surface area (Å²) in [6, 6.07) is 15.4. The third kappa shape index (κ3) is 7.16. The van der Waals surface area contributed by atoms with E-state index >= 15 is 0 Å². The minimum Gasteiger partial charge on any atom is -0.492 e. The lowest BCUT2D eigenvalue weighted by Gasteiger charge is -2.26. The SMILES string of the molecule is Cc1ccc2oc(=O)c(CC(CCCc3ccc(OCCN4CCOCC4)cc3)C(=O)NO)cc2c1. The molecule has 0 aliphatic carbocycles. The van der Waals surface area contributed by atoms with Gasteiger partial charge in [0, 0.05) is 36.5 Å². The van der Waals surface area contributed by atoms with E-state index in [1.54, 1.807) is 17.6 Å². The van der Waals surface area contributed by atoms with E-state index in [9.17, 15) is 14.8 Å². The summed E-state index contributed by atoms with van der Waals surface area (Å²) < 4.78 is 16.7. The third-order valence-corrected chi connectivity index (χ3v) is 6.63. The molecule has 0 bridgehead atoms. The predicted molar refractivity (Wildman–Crippen MR) is 136 cm³/mol. The molecule has 2 heterocycles. The van der Waals surface area contributed by atoms with Crippen molar-refractivity contribution in [1.29, 1.82) is 0 Å². The molecule has 1 amide bonds. The summed E-state index contributed by atoms with van der Waals surface area (Å²) in [5, 5.41) is 10.1. The second-order valence-electron chi connectivity index (χ2n) is 9.32. The van der Waals surface area contributed by atoms with E-state index in [1.165, 1.54) is 0 Å². The number of aryl methyl sites for hydroxylation is 2. The zero-order chi connectivity index (χ0) is 25.3. The number of carbonyl (C=O) groups is 1. The van der Waals surface area contributed by atoms with E-state index in [2.05, 4.69) is 4.90 Å². The highest BCUT2D eigenvalue weighted by Crippen LogP contribution is 2.20. The molecule has 0 saturated carbocycles. The summed E-state index contributed by atoms with van der Waals surface area (Å²) >= 11 is 0. The highest BCUT2D eigenvalue weighted by Gasteiger charge is 2.21. The maximum atomic E-state index is 12.5. The zero-order valence-electron chi connectivity index (χ0n) is 20.7. The van der Waals surface area contributed by atoms with Crippen molar-refractivity contribution in [2.75, 3.05) is 39.5 Å². The second kappa shape index (κ2) is 12.7. The Morgan fingerprint density at radius 3 is 2.67 bits per heavy atom. The molecule has 3 aromatic rings. The normalized spacial score (nSPS) is 15.1. The first-order chi connectivity index (χ1) is 17.5. The molecule has 2 aromatic carbocycles. The maximum Gasteiger partial charge on any atom is 0.339 e. The Bertz CT molecular complexity index is 1200. The standard InChI is InChI=1S/C28H34N2O6/c1-20-5-10-26-23(17-20)19-24(28(32)36-26)18-22(27(31)29-33)4-2-3-21-6-8-25(9-7-21)35-16-13-30-11-14-34-15-12-30/h5-10,17,19,22,33H,2-4,11-16,18H2,1H3,(H,29,31). The molecular weight excluding hydrogens is 460 g/mol. The van der Waals surface area contributed by atoms with Crippen molar-refractivity contribution < 1.29 is 23.9 Å². The smallest absolute Gasteiger partial charge is 0.339 e. The van der Waals surface area contributed by atoms with Crippen molar-refractivity contribution >= 4 is 16.9 Å². The molecule has 1 aliphatic heterocycles. The average molecular weight is 495 g/mol. The van der Waals surface area contributed by atoms with Crippen LogP contribution in [0.25, 0.3) is 11.0 Å². The van der Waals surface area contributed by atoms with Gasteiger partial charge in [0.2, 0.25) is 5.91 Å². The maximum absolute atomic E-state index is 12.5.